The van der Waals surface area contributed by atoms with Gasteiger partial charge in [-0.25, -0.2) is 0 Å². The second kappa shape index (κ2) is 30.8. The number of aromatic nitrogens is 12. The molecule has 88 heavy (non-hydrogen) atoms. The van der Waals surface area contributed by atoms with E-state index in [0.717, 1.165) is 110 Å². The smallest absolute Gasteiger partial charge is 0.406 e. The van der Waals surface area contributed by atoms with Gasteiger partial charge in [-0.15, -0.1) is 94.9 Å². The number of carbonyl (C=O) groups is 2. The van der Waals surface area contributed by atoms with E-state index in [0.29, 0.717) is 44.0 Å². The minimum Gasteiger partial charge on any atom is -0.406 e. The highest BCUT2D eigenvalue weighted by molar-refractivity contribution is 7.15. The van der Waals surface area contributed by atoms with E-state index in [1.54, 1.807) is 32.4 Å². The molecule has 0 spiro atoms. The number of rotatable bonds is 23. The van der Waals surface area contributed by atoms with Crippen LogP contribution in [-0.4, -0.2) is 138 Å². The number of anilines is 4. The van der Waals surface area contributed by atoms with Gasteiger partial charge >= 0.3 is 12.7 Å². The van der Waals surface area contributed by atoms with E-state index in [9.17, 15) is 35.9 Å². The van der Waals surface area contributed by atoms with Gasteiger partial charge < -0.3 is 39.4 Å². The van der Waals surface area contributed by atoms with Crippen LogP contribution in [-0.2, 0) is 51.2 Å². The molecule has 3 aliphatic rings. The van der Waals surface area contributed by atoms with E-state index < -0.39 is 36.4 Å². The molecule has 0 radical (unpaired) electrons. The average molecular weight is 1280 g/mol. The number of carbonyl (C=O) groups excluding carboxylic acids is 2. The second-order valence-corrected chi connectivity index (χ2v) is 24.0. The number of benzene rings is 2. The van der Waals surface area contributed by atoms with Crippen LogP contribution in [0.25, 0.3) is 0 Å². The number of halogens is 6. The van der Waals surface area contributed by atoms with E-state index in [4.69, 9.17) is 15.2 Å². The zero-order chi connectivity index (χ0) is 62.0. The Bertz CT molecular complexity index is 3290. The van der Waals surface area contributed by atoms with Gasteiger partial charge in [-0.2, -0.15) is 15.3 Å². The number of nitrogen functional groups attached to an aromatic ring is 1. The normalized spacial score (nSPS) is 17.4. The Morgan fingerprint density at radius 3 is 1.20 bits per heavy atom. The van der Waals surface area contributed by atoms with Crippen molar-refractivity contribution in [2.75, 3.05) is 72.9 Å². The average Bonchev–Trinajstić information content (AvgIpc) is 4.58. The molecule has 0 saturated carbocycles. The van der Waals surface area contributed by atoms with Crippen LogP contribution in [0.5, 0.6) is 11.5 Å². The maximum absolute atomic E-state index is 13.0. The highest BCUT2D eigenvalue weighted by atomic mass is 32.1. The van der Waals surface area contributed by atoms with Crippen molar-refractivity contribution in [3.8, 4) is 11.5 Å². The maximum atomic E-state index is 13.0. The Morgan fingerprint density at radius 2 is 0.875 bits per heavy atom. The first-order valence-corrected chi connectivity index (χ1v) is 30.7. The molecule has 6 aromatic heterocycles. The quantitative estimate of drug-likeness (QED) is 0.0585. The molecule has 0 amide bonds. The molecule has 5 atom stereocenters. The lowest BCUT2D eigenvalue weighted by Crippen LogP contribution is -2.21. The highest BCUT2D eigenvalue weighted by Gasteiger charge is 2.34. The molecule has 2 aromatic carbocycles. The number of nitrogens with two attached hydrogens (primary N) is 1. The number of Topliss-reactive ketones (excluding diaryl/α,β-unsaturated/α-hetero) is 2. The summed E-state index contributed by atoms with van der Waals surface area (Å²) in [6, 6.07) is 22.1. The van der Waals surface area contributed by atoms with Gasteiger partial charge in [-0.05, 0) is 123 Å². The lowest BCUT2D eigenvalue weighted by atomic mass is 10.0. The number of ether oxygens (including phenoxy) is 4. The first-order chi connectivity index (χ1) is 42.4. The summed E-state index contributed by atoms with van der Waals surface area (Å²) in [5, 5.41) is 53.3. The van der Waals surface area contributed by atoms with Gasteiger partial charge in [-0.3, -0.25) is 9.59 Å². The summed E-state index contributed by atoms with van der Waals surface area (Å²) in [6.45, 7) is 9.34. The highest BCUT2D eigenvalue weighted by Crippen LogP contribution is 2.33. The SMILES string of the molecule is CCO[C@@H](C(=O)Cc1nnc(C[C@@H]2CCN(c3cccnn3)C2)s1)c1cccc(OC(F)(F)F)c1.CCO[C@H](C(=O)Cc1nnc(C[C@@H]2CCN(c3cccnn3)C2)s1)c1cccc(OC(F)(F)F)c1.Nc1nnc(C[C@@H]2CCN(c3cccnn3)C2)s1. The molecule has 3 fully saturated rings. The Labute approximate surface area is 513 Å². The van der Waals surface area contributed by atoms with Crippen LogP contribution in [0.2, 0.25) is 0 Å². The summed E-state index contributed by atoms with van der Waals surface area (Å²) in [6.07, 6.45) is -1.19. The zero-order valence-corrected chi connectivity index (χ0v) is 50.2. The molecule has 3 aliphatic heterocycles. The first-order valence-electron chi connectivity index (χ1n) is 28.2. The molecular formula is C57H62F6N16O6S3. The molecule has 0 bridgehead atoms. The topological polar surface area (TPSA) is 261 Å². The monoisotopic (exact) mass is 1280 g/mol. The van der Waals surface area contributed by atoms with Gasteiger partial charge in [0.1, 0.15) is 48.7 Å². The molecule has 11 rings (SSSR count). The third-order valence-electron chi connectivity index (χ3n) is 14.1. The van der Waals surface area contributed by atoms with Gasteiger partial charge in [0.15, 0.2) is 29.0 Å². The number of hydrogen-bond acceptors (Lipinski definition) is 25. The standard InChI is InChI=1S/2C23H24F3N5O3S.C11H14N6S/c2*1-2-33-22(16-5-3-6-17(12-16)34-23(24,25)26)18(32)13-21-30-29-20(35-21)11-15-8-10-31(14-15)19-7-4-9-27-28-19;12-11-16-15-10(18-11)6-8-3-5-17(7-8)9-2-1-4-13-14-9/h2*3-7,9,12,15,22H,2,8,10-11,13-14H2,1H3;1-2,4,8H,3,5-7H2,(H2,12,16)/t15-,22+;15-,22-;8-/m000/s1. The summed E-state index contributed by atoms with van der Waals surface area (Å²) in [5.74, 6) is 2.60. The summed E-state index contributed by atoms with van der Waals surface area (Å²) >= 11 is 4.22. The molecule has 0 unspecified atom stereocenters. The molecule has 9 heterocycles. The molecule has 2 N–H and O–H groups in total. The Kier molecular flexibility index (Phi) is 22.5. The van der Waals surface area contributed by atoms with Crippen molar-refractivity contribution in [1.29, 1.82) is 0 Å². The van der Waals surface area contributed by atoms with Crippen LogP contribution in [0.4, 0.5) is 48.9 Å². The first kappa shape index (κ1) is 64.5. The van der Waals surface area contributed by atoms with E-state index in [-0.39, 0.29) is 37.6 Å². The molecule has 3 saturated heterocycles. The molecular weight excluding hydrogens is 1210 g/mol. The summed E-state index contributed by atoms with van der Waals surface area (Å²) < 4.78 is 94.6. The minimum absolute atomic E-state index is 0.0247. The molecule has 466 valence electrons. The van der Waals surface area contributed by atoms with Gasteiger partial charge in [0, 0.05) is 90.3 Å². The molecule has 0 aliphatic carbocycles. The van der Waals surface area contributed by atoms with Crippen LogP contribution in [0, 0.1) is 17.8 Å². The zero-order valence-electron chi connectivity index (χ0n) is 47.7. The summed E-state index contributed by atoms with van der Waals surface area (Å²) in [7, 11) is 0. The third kappa shape index (κ3) is 19.5. The van der Waals surface area contributed by atoms with Gasteiger partial charge in [0.2, 0.25) is 5.13 Å². The van der Waals surface area contributed by atoms with Crippen molar-refractivity contribution in [1.82, 2.24) is 61.2 Å². The van der Waals surface area contributed by atoms with Gasteiger partial charge in [-0.1, -0.05) is 35.6 Å². The van der Waals surface area contributed by atoms with Crippen molar-refractivity contribution in [3.63, 3.8) is 0 Å². The Hall–Kier alpha value is -8.00. The Balaban J connectivity index is 0.000000165. The lowest BCUT2D eigenvalue weighted by molar-refractivity contribution is -0.275. The number of hydrogen-bond donors (Lipinski definition) is 1. The number of ketones is 2. The number of alkyl halides is 6. The predicted molar refractivity (Wildman–Crippen MR) is 315 cm³/mol. The van der Waals surface area contributed by atoms with Crippen molar-refractivity contribution in [2.24, 2.45) is 17.8 Å². The summed E-state index contributed by atoms with van der Waals surface area (Å²) in [5.41, 5.74) is 6.17. The molecule has 22 nitrogen and oxygen atoms in total. The lowest BCUT2D eigenvalue weighted by Gasteiger charge is -2.17. The van der Waals surface area contributed by atoms with E-state index in [1.165, 1.54) is 82.5 Å². The van der Waals surface area contributed by atoms with Gasteiger partial charge in [0.25, 0.3) is 0 Å². The Morgan fingerprint density at radius 1 is 0.511 bits per heavy atom. The molecule has 8 aromatic rings. The van der Waals surface area contributed by atoms with Crippen molar-refractivity contribution < 1.29 is 54.9 Å². The molecule has 31 heteroatoms. The van der Waals surface area contributed by atoms with E-state index in [2.05, 4.69) is 85.4 Å². The van der Waals surface area contributed by atoms with Crippen LogP contribution < -0.4 is 29.9 Å². The largest absolute Gasteiger partial charge is 0.573 e. The van der Waals surface area contributed by atoms with Crippen LogP contribution in [0.1, 0.15) is 81.5 Å². The van der Waals surface area contributed by atoms with Crippen LogP contribution in [0.3, 0.4) is 0 Å². The fourth-order valence-electron chi connectivity index (χ4n) is 10.3. The fraction of sp³-hybridized carbons (Fsp3) is 0.439. The maximum Gasteiger partial charge on any atom is 0.573 e. The van der Waals surface area contributed by atoms with Crippen LogP contribution in [0.15, 0.2) is 104 Å². The second-order valence-electron chi connectivity index (χ2n) is 20.6. The number of nitrogens with zero attached hydrogens (tertiary/aromatic N) is 15. The third-order valence-corrected chi connectivity index (χ3v) is 16.8. The minimum atomic E-state index is -4.82. The van der Waals surface area contributed by atoms with Crippen molar-refractivity contribution >= 4 is 68.2 Å². The van der Waals surface area contributed by atoms with E-state index in [1.807, 2.05) is 36.4 Å². The van der Waals surface area contributed by atoms with Crippen molar-refractivity contribution in [3.05, 3.63) is 140 Å². The summed E-state index contributed by atoms with van der Waals surface area (Å²) in [4.78, 5) is 32.6. The van der Waals surface area contributed by atoms with Crippen LogP contribution >= 0.6 is 34.0 Å². The predicted octanol–water partition coefficient (Wildman–Crippen LogP) is 9.35. The van der Waals surface area contributed by atoms with E-state index >= 15 is 0 Å². The van der Waals surface area contributed by atoms with Crippen molar-refractivity contribution in [2.45, 2.75) is 90.1 Å². The van der Waals surface area contributed by atoms with Gasteiger partial charge in [0.05, 0.1) is 12.8 Å². The fourth-order valence-corrected chi connectivity index (χ4v) is 13.0.